The van der Waals surface area contributed by atoms with E-state index in [1.54, 1.807) is 43.5 Å². The molecule has 1 unspecified atom stereocenters. The predicted molar refractivity (Wildman–Crippen MR) is 88.5 cm³/mol. The number of rotatable bonds is 5. The summed E-state index contributed by atoms with van der Waals surface area (Å²) in [7, 11) is 0. The van der Waals surface area contributed by atoms with Crippen molar-refractivity contribution in [2.75, 3.05) is 6.54 Å². The Morgan fingerprint density at radius 1 is 1.21 bits per heavy atom. The van der Waals surface area contributed by atoms with Gasteiger partial charge >= 0.3 is 5.69 Å². The minimum absolute atomic E-state index is 0.0397. The summed E-state index contributed by atoms with van der Waals surface area (Å²) in [6, 6.07) is 14.3. The van der Waals surface area contributed by atoms with Gasteiger partial charge in [0, 0.05) is 6.20 Å². The first-order chi connectivity index (χ1) is 11.5. The maximum atomic E-state index is 12.1. The van der Waals surface area contributed by atoms with Crippen molar-refractivity contribution < 1.29 is 9.90 Å². The van der Waals surface area contributed by atoms with Crippen molar-refractivity contribution in [2.24, 2.45) is 0 Å². The third kappa shape index (κ3) is 3.21. The standard InChI is InChI=1S/C17H18N4O3/c1-17(24,13-7-3-2-4-8-13)12-18-15(22)11-21-16(23)20-10-6-5-9-14(20)19-21/h2-10,24H,11-12H2,1H3,(H,18,22). The Balaban J connectivity index is 1.67. The second kappa shape index (κ2) is 6.29. The first-order valence-corrected chi connectivity index (χ1v) is 7.56. The number of hydrogen-bond donors (Lipinski definition) is 2. The molecule has 7 nitrogen and oxygen atoms in total. The van der Waals surface area contributed by atoms with Crippen LogP contribution in [-0.2, 0) is 16.9 Å². The van der Waals surface area contributed by atoms with Crippen LogP contribution in [0.1, 0.15) is 12.5 Å². The van der Waals surface area contributed by atoms with Gasteiger partial charge in [-0.25, -0.2) is 9.48 Å². The summed E-state index contributed by atoms with van der Waals surface area (Å²) in [4.78, 5) is 24.2. The third-order valence-electron chi connectivity index (χ3n) is 3.81. The second-order valence-corrected chi connectivity index (χ2v) is 5.79. The smallest absolute Gasteiger partial charge is 0.350 e. The Hall–Kier alpha value is -2.93. The van der Waals surface area contributed by atoms with Crippen LogP contribution in [0.15, 0.2) is 59.5 Å². The highest BCUT2D eigenvalue weighted by molar-refractivity contribution is 5.75. The number of fused-ring (bicyclic) bond motifs is 1. The van der Waals surface area contributed by atoms with Crippen LogP contribution in [0.4, 0.5) is 0 Å². The molecular formula is C17H18N4O3. The summed E-state index contributed by atoms with van der Waals surface area (Å²) >= 11 is 0. The van der Waals surface area contributed by atoms with Crippen LogP contribution in [0, 0.1) is 0 Å². The molecule has 0 saturated carbocycles. The zero-order chi connectivity index (χ0) is 17.2. The molecule has 0 saturated heterocycles. The van der Waals surface area contributed by atoms with E-state index in [9.17, 15) is 14.7 Å². The molecular weight excluding hydrogens is 308 g/mol. The fourth-order valence-electron chi connectivity index (χ4n) is 2.43. The topological polar surface area (TPSA) is 88.6 Å². The number of benzene rings is 1. The molecule has 24 heavy (non-hydrogen) atoms. The van der Waals surface area contributed by atoms with Crippen molar-refractivity contribution in [1.82, 2.24) is 19.5 Å². The lowest BCUT2D eigenvalue weighted by Crippen LogP contribution is -2.41. The van der Waals surface area contributed by atoms with Crippen molar-refractivity contribution >= 4 is 11.6 Å². The molecule has 2 N–H and O–H groups in total. The quantitative estimate of drug-likeness (QED) is 0.715. The molecule has 0 spiro atoms. The van der Waals surface area contributed by atoms with Gasteiger partial charge in [-0.2, -0.15) is 0 Å². The summed E-state index contributed by atoms with van der Waals surface area (Å²) in [5.74, 6) is -0.392. The zero-order valence-corrected chi connectivity index (χ0v) is 13.2. The number of amides is 1. The summed E-state index contributed by atoms with van der Waals surface area (Å²) in [6.45, 7) is 1.46. The number of pyridine rings is 1. The highest BCUT2D eigenvalue weighted by atomic mass is 16.3. The molecule has 0 aliphatic rings. The van der Waals surface area contributed by atoms with E-state index in [2.05, 4.69) is 10.4 Å². The SMILES string of the molecule is CC(O)(CNC(=O)Cn1nc2ccccn2c1=O)c1ccccc1. The number of carbonyl (C=O) groups excluding carboxylic acids is 1. The van der Waals surface area contributed by atoms with Gasteiger partial charge in [-0.3, -0.25) is 9.20 Å². The van der Waals surface area contributed by atoms with Gasteiger partial charge in [0.25, 0.3) is 0 Å². The predicted octanol–water partition coefficient (Wildman–Crippen LogP) is 0.520. The molecule has 2 heterocycles. The van der Waals surface area contributed by atoms with E-state index in [1.165, 1.54) is 4.40 Å². The molecule has 7 heteroatoms. The average molecular weight is 326 g/mol. The molecule has 0 bridgehead atoms. The van der Waals surface area contributed by atoms with Crippen LogP contribution in [0.2, 0.25) is 0 Å². The Morgan fingerprint density at radius 2 is 1.92 bits per heavy atom. The lowest BCUT2D eigenvalue weighted by Gasteiger charge is -2.24. The van der Waals surface area contributed by atoms with Crippen LogP contribution < -0.4 is 11.0 Å². The summed E-state index contributed by atoms with van der Waals surface area (Å²) in [6.07, 6.45) is 1.60. The van der Waals surface area contributed by atoms with Gasteiger partial charge in [-0.05, 0) is 24.6 Å². The molecule has 2 aromatic heterocycles. The van der Waals surface area contributed by atoms with Crippen LogP contribution in [0.3, 0.4) is 0 Å². The van der Waals surface area contributed by atoms with Crippen LogP contribution in [0.5, 0.6) is 0 Å². The lowest BCUT2D eigenvalue weighted by molar-refractivity contribution is -0.123. The van der Waals surface area contributed by atoms with Crippen molar-refractivity contribution in [3.8, 4) is 0 Å². The number of hydrogen-bond acceptors (Lipinski definition) is 4. The van der Waals surface area contributed by atoms with Gasteiger partial charge in [-0.15, -0.1) is 5.10 Å². The Kier molecular flexibility index (Phi) is 4.18. The summed E-state index contributed by atoms with van der Waals surface area (Å²) in [5, 5.41) is 17.2. The molecule has 1 amide bonds. The minimum atomic E-state index is -1.19. The molecule has 0 aliphatic carbocycles. The Labute approximate surface area is 138 Å². The molecule has 3 aromatic rings. The average Bonchev–Trinajstić information content (AvgIpc) is 2.90. The fraction of sp³-hybridized carbons (Fsp3) is 0.235. The molecule has 124 valence electrons. The molecule has 0 fully saturated rings. The number of nitrogens with one attached hydrogen (secondary N) is 1. The van der Waals surface area contributed by atoms with E-state index in [4.69, 9.17) is 0 Å². The minimum Gasteiger partial charge on any atom is -0.384 e. The highest BCUT2D eigenvalue weighted by Gasteiger charge is 2.23. The first-order valence-electron chi connectivity index (χ1n) is 7.56. The number of aromatic nitrogens is 3. The normalized spacial score (nSPS) is 13.6. The number of aliphatic hydroxyl groups is 1. The van der Waals surface area contributed by atoms with Gasteiger partial charge in [0.2, 0.25) is 5.91 Å². The van der Waals surface area contributed by atoms with E-state index in [0.29, 0.717) is 11.2 Å². The Morgan fingerprint density at radius 3 is 2.62 bits per heavy atom. The highest BCUT2D eigenvalue weighted by Crippen LogP contribution is 2.18. The van der Waals surface area contributed by atoms with E-state index in [-0.39, 0.29) is 18.8 Å². The summed E-state index contributed by atoms with van der Waals surface area (Å²) < 4.78 is 2.47. The Bertz CT molecular complexity index is 912. The monoisotopic (exact) mass is 326 g/mol. The maximum absolute atomic E-state index is 12.1. The number of carbonyl (C=O) groups is 1. The van der Waals surface area contributed by atoms with Gasteiger partial charge in [0.15, 0.2) is 5.65 Å². The molecule has 0 aliphatic heterocycles. The molecule has 0 radical (unpaired) electrons. The molecule has 1 aromatic carbocycles. The van der Waals surface area contributed by atoms with Gasteiger partial charge in [-0.1, -0.05) is 36.4 Å². The summed E-state index contributed by atoms with van der Waals surface area (Å²) in [5.41, 5.74) is -0.391. The third-order valence-corrected chi connectivity index (χ3v) is 3.81. The molecule has 3 rings (SSSR count). The van der Waals surface area contributed by atoms with Crippen molar-refractivity contribution in [2.45, 2.75) is 19.1 Å². The second-order valence-electron chi connectivity index (χ2n) is 5.79. The van der Waals surface area contributed by atoms with Gasteiger partial charge in [0.1, 0.15) is 12.1 Å². The van der Waals surface area contributed by atoms with E-state index in [0.717, 1.165) is 4.68 Å². The van der Waals surface area contributed by atoms with Crippen molar-refractivity contribution in [3.05, 3.63) is 70.8 Å². The van der Waals surface area contributed by atoms with Crippen LogP contribution in [0.25, 0.3) is 5.65 Å². The van der Waals surface area contributed by atoms with Gasteiger partial charge < -0.3 is 10.4 Å². The van der Waals surface area contributed by atoms with E-state index in [1.807, 2.05) is 18.2 Å². The lowest BCUT2D eigenvalue weighted by atomic mass is 9.96. The maximum Gasteiger partial charge on any atom is 0.350 e. The molecule has 1 atom stereocenters. The van der Waals surface area contributed by atoms with Crippen LogP contribution in [-0.4, -0.2) is 31.7 Å². The number of nitrogens with zero attached hydrogens (tertiary/aromatic N) is 3. The van der Waals surface area contributed by atoms with Crippen molar-refractivity contribution in [3.63, 3.8) is 0 Å². The van der Waals surface area contributed by atoms with Crippen molar-refractivity contribution in [1.29, 1.82) is 0 Å². The van der Waals surface area contributed by atoms with Crippen LogP contribution >= 0.6 is 0 Å². The zero-order valence-electron chi connectivity index (χ0n) is 13.2. The first kappa shape index (κ1) is 15.9. The fourth-order valence-corrected chi connectivity index (χ4v) is 2.43. The largest absolute Gasteiger partial charge is 0.384 e. The van der Waals surface area contributed by atoms with Gasteiger partial charge in [0.05, 0.1) is 6.54 Å². The van der Waals surface area contributed by atoms with E-state index < -0.39 is 11.5 Å². The van der Waals surface area contributed by atoms with E-state index >= 15 is 0 Å².